The zero-order valence-electron chi connectivity index (χ0n) is 17.5. The van der Waals surface area contributed by atoms with Gasteiger partial charge >= 0.3 is 0 Å². The first-order chi connectivity index (χ1) is 15.7. The van der Waals surface area contributed by atoms with Gasteiger partial charge in [0, 0.05) is 38.4 Å². The lowest BCUT2D eigenvalue weighted by molar-refractivity contribution is 0.0934. The molecule has 8 heteroatoms. The maximum absolute atomic E-state index is 13.3. The Morgan fingerprint density at radius 3 is 2.56 bits per heavy atom. The summed E-state index contributed by atoms with van der Waals surface area (Å²) in [5, 5.41) is 5.00. The Morgan fingerprint density at radius 2 is 1.81 bits per heavy atom. The van der Waals surface area contributed by atoms with Crippen LogP contribution in [0.2, 0.25) is 0 Å². The van der Waals surface area contributed by atoms with E-state index in [4.69, 9.17) is 9.47 Å². The number of halogens is 1. The Kier molecular flexibility index (Phi) is 5.96. The minimum absolute atomic E-state index is 0.00350. The Balaban J connectivity index is 1.31. The highest BCUT2D eigenvalue weighted by molar-refractivity contribution is 7.12. The fourth-order valence-electron chi connectivity index (χ4n) is 4.21. The van der Waals surface area contributed by atoms with Gasteiger partial charge in [-0.15, -0.1) is 11.3 Å². The van der Waals surface area contributed by atoms with Crippen LogP contribution in [-0.2, 0) is 0 Å². The van der Waals surface area contributed by atoms with Gasteiger partial charge in [-0.25, -0.2) is 4.39 Å². The molecule has 0 aliphatic carbocycles. The van der Waals surface area contributed by atoms with E-state index >= 15 is 0 Å². The van der Waals surface area contributed by atoms with Crippen molar-refractivity contribution in [1.82, 2.24) is 10.2 Å². The minimum Gasteiger partial charge on any atom is -0.454 e. The molecule has 0 radical (unpaired) electrons. The van der Waals surface area contributed by atoms with Gasteiger partial charge < -0.3 is 19.7 Å². The molecule has 1 aromatic heterocycles. The van der Waals surface area contributed by atoms with Crippen molar-refractivity contribution < 1.29 is 18.7 Å². The van der Waals surface area contributed by atoms with E-state index in [-0.39, 0.29) is 24.6 Å². The number of nitrogens with zero attached hydrogens (tertiary/aromatic N) is 2. The van der Waals surface area contributed by atoms with Crippen LogP contribution in [-0.4, -0.2) is 50.3 Å². The second-order valence-electron chi connectivity index (χ2n) is 7.82. The Morgan fingerprint density at radius 1 is 1.03 bits per heavy atom. The van der Waals surface area contributed by atoms with Gasteiger partial charge in [0.15, 0.2) is 11.5 Å². The maximum Gasteiger partial charge on any atom is 0.261 e. The van der Waals surface area contributed by atoms with Crippen LogP contribution in [0, 0.1) is 5.82 Å². The topological polar surface area (TPSA) is 54.0 Å². The summed E-state index contributed by atoms with van der Waals surface area (Å²) in [5.41, 5.74) is 2.10. The predicted molar refractivity (Wildman–Crippen MR) is 122 cm³/mol. The Bertz CT molecular complexity index is 1070. The van der Waals surface area contributed by atoms with Crippen molar-refractivity contribution in [3.8, 4) is 11.5 Å². The van der Waals surface area contributed by atoms with Crippen molar-refractivity contribution in [2.45, 2.75) is 6.04 Å². The fraction of sp³-hybridized carbons (Fsp3) is 0.292. The molecule has 5 rings (SSSR count). The number of benzene rings is 2. The van der Waals surface area contributed by atoms with E-state index in [0.717, 1.165) is 48.9 Å². The normalized spacial score (nSPS) is 16.7. The number of nitrogens with one attached hydrogen (secondary N) is 1. The molecule has 0 saturated carbocycles. The summed E-state index contributed by atoms with van der Waals surface area (Å²) in [6, 6.07) is 16.3. The zero-order chi connectivity index (χ0) is 21.9. The Labute approximate surface area is 190 Å². The number of carbonyl (C=O) groups is 1. The molecule has 1 N–H and O–H groups in total. The lowest BCUT2D eigenvalue weighted by atomic mass is 10.0. The van der Waals surface area contributed by atoms with Crippen molar-refractivity contribution in [2.24, 2.45) is 0 Å². The summed E-state index contributed by atoms with van der Waals surface area (Å²) < 4.78 is 24.3. The summed E-state index contributed by atoms with van der Waals surface area (Å²) in [6.07, 6.45) is 0. The SMILES string of the molecule is O=C(NCC(c1ccc2c(c1)OCO2)N1CCN(c2ccc(F)cc2)CC1)c1cccs1. The van der Waals surface area contributed by atoms with Gasteiger partial charge in [-0.1, -0.05) is 12.1 Å². The molecular formula is C24H24FN3O3S. The monoisotopic (exact) mass is 453 g/mol. The van der Waals surface area contributed by atoms with Gasteiger partial charge in [0.25, 0.3) is 5.91 Å². The summed E-state index contributed by atoms with van der Waals surface area (Å²) in [5.74, 6) is 1.20. The number of fused-ring (bicyclic) bond motifs is 1. The second-order valence-corrected chi connectivity index (χ2v) is 8.76. The van der Waals surface area contributed by atoms with Crippen molar-refractivity contribution in [3.05, 3.63) is 76.2 Å². The van der Waals surface area contributed by atoms with E-state index in [1.165, 1.54) is 23.5 Å². The molecule has 1 fully saturated rings. The highest BCUT2D eigenvalue weighted by Gasteiger charge is 2.27. The standard InChI is InChI=1S/C24H24FN3O3S/c25-18-4-6-19(7-5-18)27-9-11-28(12-10-27)20(15-26-24(29)23-2-1-13-32-23)17-3-8-21-22(14-17)31-16-30-21/h1-8,13-14,20H,9-12,15-16H2,(H,26,29). The number of hydrogen-bond donors (Lipinski definition) is 1. The van der Waals surface area contributed by atoms with Crippen molar-refractivity contribution >= 4 is 22.9 Å². The third-order valence-electron chi connectivity index (χ3n) is 5.93. The molecule has 3 aromatic rings. The minimum atomic E-state index is -0.225. The number of ether oxygens (including phenoxy) is 2. The molecule has 1 unspecified atom stereocenters. The lowest BCUT2D eigenvalue weighted by Gasteiger charge is -2.40. The van der Waals surface area contributed by atoms with Gasteiger partial charge in [-0.3, -0.25) is 9.69 Å². The number of rotatable bonds is 6. The van der Waals surface area contributed by atoms with E-state index in [9.17, 15) is 9.18 Å². The molecule has 1 saturated heterocycles. The quantitative estimate of drug-likeness (QED) is 0.613. The number of hydrogen-bond acceptors (Lipinski definition) is 6. The van der Waals surface area contributed by atoms with Gasteiger partial charge in [0.2, 0.25) is 6.79 Å². The average Bonchev–Trinajstić information content (AvgIpc) is 3.52. The molecule has 1 amide bonds. The number of amides is 1. The van der Waals surface area contributed by atoms with Crippen LogP contribution in [0.3, 0.4) is 0 Å². The van der Waals surface area contributed by atoms with Gasteiger partial charge in [-0.2, -0.15) is 0 Å². The molecule has 2 aliphatic heterocycles. The molecule has 1 atom stereocenters. The third kappa shape index (κ3) is 4.42. The molecular weight excluding hydrogens is 429 g/mol. The smallest absolute Gasteiger partial charge is 0.261 e. The summed E-state index contributed by atoms with van der Waals surface area (Å²) in [4.78, 5) is 17.9. The Hall–Kier alpha value is -3.10. The van der Waals surface area contributed by atoms with Gasteiger partial charge in [-0.05, 0) is 53.4 Å². The van der Waals surface area contributed by atoms with Crippen LogP contribution >= 0.6 is 11.3 Å². The molecule has 32 heavy (non-hydrogen) atoms. The first-order valence-electron chi connectivity index (χ1n) is 10.6. The molecule has 2 aliphatic rings. The molecule has 6 nitrogen and oxygen atoms in total. The van der Waals surface area contributed by atoms with E-state index in [0.29, 0.717) is 11.4 Å². The van der Waals surface area contributed by atoms with Crippen LogP contribution in [0.15, 0.2) is 60.0 Å². The van der Waals surface area contributed by atoms with Crippen molar-refractivity contribution in [2.75, 3.05) is 44.4 Å². The van der Waals surface area contributed by atoms with E-state index < -0.39 is 0 Å². The van der Waals surface area contributed by atoms with Crippen LogP contribution in [0.25, 0.3) is 0 Å². The first-order valence-corrected chi connectivity index (χ1v) is 11.5. The molecule has 2 aromatic carbocycles. The largest absolute Gasteiger partial charge is 0.454 e. The van der Waals surface area contributed by atoms with Crippen molar-refractivity contribution in [3.63, 3.8) is 0 Å². The zero-order valence-corrected chi connectivity index (χ0v) is 18.3. The lowest BCUT2D eigenvalue weighted by Crippen LogP contribution is -2.49. The predicted octanol–water partition coefficient (Wildman–Crippen LogP) is 3.91. The average molecular weight is 454 g/mol. The van der Waals surface area contributed by atoms with Gasteiger partial charge in [0.05, 0.1) is 10.9 Å². The van der Waals surface area contributed by atoms with E-state index in [1.54, 1.807) is 0 Å². The summed E-state index contributed by atoms with van der Waals surface area (Å²) >= 11 is 1.43. The van der Waals surface area contributed by atoms with Gasteiger partial charge in [0.1, 0.15) is 5.82 Å². The fourth-order valence-corrected chi connectivity index (χ4v) is 4.85. The number of piperazine rings is 1. The van der Waals surface area contributed by atoms with Crippen LogP contribution < -0.4 is 19.7 Å². The van der Waals surface area contributed by atoms with Crippen LogP contribution in [0.1, 0.15) is 21.3 Å². The molecule has 0 bridgehead atoms. The summed E-state index contributed by atoms with van der Waals surface area (Å²) in [7, 11) is 0. The third-order valence-corrected chi connectivity index (χ3v) is 6.80. The molecule has 3 heterocycles. The number of carbonyl (C=O) groups excluding carboxylic acids is 1. The molecule has 166 valence electrons. The highest BCUT2D eigenvalue weighted by Crippen LogP contribution is 2.36. The molecule has 0 spiro atoms. The van der Waals surface area contributed by atoms with E-state index in [2.05, 4.69) is 15.1 Å². The summed E-state index contributed by atoms with van der Waals surface area (Å²) in [6.45, 7) is 4.02. The van der Waals surface area contributed by atoms with Crippen LogP contribution in [0.5, 0.6) is 11.5 Å². The van der Waals surface area contributed by atoms with E-state index in [1.807, 2.05) is 47.8 Å². The maximum atomic E-state index is 13.3. The number of anilines is 1. The van der Waals surface area contributed by atoms with Crippen molar-refractivity contribution in [1.29, 1.82) is 0 Å². The first kappa shape index (κ1) is 20.8. The number of thiophene rings is 1. The second kappa shape index (κ2) is 9.18. The highest BCUT2D eigenvalue weighted by atomic mass is 32.1. The van der Waals surface area contributed by atoms with Crippen LogP contribution in [0.4, 0.5) is 10.1 Å².